The maximum Gasteiger partial charge on any atom is 0.239 e. The molecule has 20 heavy (non-hydrogen) atoms. The molecule has 0 saturated carbocycles. The topological polar surface area (TPSA) is 58.8 Å². The van der Waals surface area contributed by atoms with Crippen LogP contribution < -0.4 is 5.73 Å². The van der Waals surface area contributed by atoms with Crippen molar-refractivity contribution < 1.29 is 9.53 Å². The maximum absolute atomic E-state index is 12.3. The SMILES string of the molecule is CC(C)[C@@H](N)C(=O)N1CCCN(CC2CCCO2)CC1. The zero-order valence-electron chi connectivity index (χ0n) is 12.9. The van der Waals surface area contributed by atoms with Crippen LogP contribution in [0, 0.1) is 5.92 Å². The van der Waals surface area contributed by atoms with E-state index in [-0.39, 0.29) is 17.9 Å². The van der Waals surface area contributed by atoms with Crippen molar-refractivity contribution in [2.45, 2.75) is 45.3 Å². The summed E-state index contributed by atoms with van der Waals surface area (Å²) in [6.07, 6.45) is 3.79. The van der Waals surface area contributed by atoms with Crippen LogP contribution in [0.5, 0.6) is 0 Å². The molecule has 2 aliphatic heterocycles. The van der Waals surface area contributed by atoms with Crippen molar-refractivity contribution in [3.8, 4) is 0 Å². The lowest BCUT2D eigenvalue weighted by molar-refractivity contribution is -0.133. The molecule has 5 heteroatoms. The van der Waals surface area contributed by atoms with Crippen molar-refractivity contribution in [2.75, 3.05) is 39.3 Å². The van der Waals surface area contributed by atoms with Gasteiger partial charge in [0, 0.05) is 32.8 Å². The minimum atomic E-state index is -0.361. The third kappa shape index (κ3) is 4.17. The van der Waals surface area contributed by atoms with Gasteiger partial charge in [0.2, 0.25) is 5.91 Å². The Kier molecular flexibility index (Phi) is 5.81. The van der Waals surface area contributed by atoms with E-state index in [1.165, 1.54) is 12.8 Å². The van der Waals surface area contributed by atoms with Gasteiger partial charge in [-0.3, -0.25) is 9.69 Å². The lowest BCUT2D eigenvalue weighted by atomic mass is 10.0. The zero-order valence-corrected chi connectivity index (χ0v) is 12.9. The molecular formula is C15H29N3O2. The quantitative estimate of drug-likeness (QED) is 0.824. The summed E-state index contributed by atoms with van der Waals surface area (Å²) in [7, 11) is 0. The minimum Gasteiger partial charge on any atom is -0.377 e. The fourth-order valence-corrected chi connectivity index (χ4v) is 2.95. The van der Waals surface area contributed by atoms with Crippen LogP contribution in [0.15, 0.2) is 0 Å². The van der Waals surface area contributed by atoms with Gasteiger partial charge in [0.05, 0.1) is 12.1 Å². The second kappa shape index (κ2) is 7.38. The smallest absolute Gasteiger partial charge is 0.239 e. The molecular weight excluding hydrogens is 254 g/mol. The second-order valence-corrected chi connectivity index (χ2v) is 6.38. The van der Waals surface area contributed by atoms with E-state index in [0.717, 1.165) is 45.8 Å². The number of carbonyl (C=O) groups excluding carboxylic acids is 1. The first kappa shape index (κ1) is 15.7. The van der Waals surface area contributed by atoms with Crippen LogP contribution in [0.25, 0.3) is 0 Å². The Labute approximate surface area is 122 Å². The van der Waals surface area contributed by atoms with Gasteiger partial charge in [0.15, 0.2) is 0 Å². The van der Waals surface area contributed by atoms with E-state index in [1.807, 2.05) is 18.7 Å². The molecule has 0 aromatic heterocycles. The summed E-state index contributed by atoms with van der Waals surface area (Å²) in [4.78, 5) is 16.7. The Hall–Kier alpha value is -0.650. The third-order valence-electron chi connectivity index (χ3n) is 4.39. The Bertz CT molecular complexity index is 316. The van der Waals surface area contributed by atoms with Gasteiger partial charge >= 0.3 is 0 Å². The largest absolute Gasteiger partial charge is 0.377 e. The highest BCUT2D eigenvalue weighted by atomic mass is 16.5. The Balaban J connectivity index is 1.80. The highest BCUT2D eigenvalue weighted by Crippen LogP contribution is 2.15. The summed E-state index contributed by atoms with van der Waals surface area (Å²) in [6, 6.07) is -0.361. The van der Waals surface area contributed by atoms with Crippen LogP contribution in [-0.2, 0) is 9.53 Å². The average molecular weight is 283 g/mol. The summed E-state index contributed by atoms with van der Waals surface area (Å²) >= 11 is 0. The number of hydrogen-bond acceptors (Lipinski definition) is 4. The van der Waals surface area contributed by atoms with Crippen molar-refractivity contribution in [1.29, 1.82) is 0 Å². The number of carbonyl (C=O) groups is 1. The molecule has 2 atom stereocenters. The van der Waals surface area contributed by atoms with Gasteiger partial charge < -0.3 is 15.4 Å². The van der Waals surface area contributed by atoms with Crippen molar-refractivity contribution in [3.63, 3.8) is 0 Å². The van der Waals surface area contributed by atoms with Gasteiger partial charge in [0.1, 0.15) is 0 Å². The number of ether oxygens (including phenoxy) is 1. The first-order chi connectivity index (χ1) is 9.58. The molecule has 1 unspecified atom stereocenters. The van der Waals surface area contributed by atoms with Crippen LogP contribution >= 0.6 is 0 Å². The molecule has 116 valence electrons. The van der Waals surface area contributed by atoms with Crippen molar-refractivity contribution in [2.24, 2.45) is 11.7 Å². The minimum absolute atomic E-state index is 0.110. The first-order valence-corrected chi connectivity index (χ1v) is 7.96. The third-order valence-corrected chi connectivity index (χ3v) is 4.39. The maximum atomic E-state index is 12.3. The first-order valence-electron chi connectivity index (χ1n) is 7.96. The van der Waals surface area contributed by atoms with Crippen molar-refractivity contribution in [3.05, 3.63) is 0 Å². The monoisotopic (exact) mass is 283 g/mol. The Morgan fingerprint density at radius 3 is 2.70 bits per heavy atom. The number of amides is 1. The molecule has 0 spiro atoms. The molecule has 0 aliphatic carbocycles. The van der Waals surface area contributed by atoms with E-state index in [4.69, 9.17) is 10.5 Å². The molecule has 2 aliphatic rings. The highest BCUT2D eigenvalue weighted by Gasteiger charge is 2.26. The molecule has 2 N–H and O–H groups in total. The molecule has 2 heterocycles. The standard InChI is InChI=1S/C15H29N3O2/c1-12(2)14(16)15(19)18-7-4-6-17(8-9-18)11-13-5-3-10-20-13/h12-14H,3-11,16H2,1-2H3/t13?,14-/m1/s1. The van der Waals surface area contributed by atoms with Gasteiger partial charge in [-0.05, 0) is 31.7 Å². The van der Waals surface area contributed by atoms with E-state index in [2.05, 4.69) is 4.90 Å². The summed E-state index contributed by atoms with van der Waals surface area (Å²) in [5.74, 6) is 0.313. The predicted molar refractivity (Wildman–Crippen MR) is 79.4 cm³/mol. The number of hydrogen-bond donors (Lipinski definition) is 1. The molecule has 2 rings (SSSR count). The molecule has 2 saturated heterocycles. The van der Waals surface area contributed by atoms with Gasteiger partial charge in [-0.15, -0.1) is 0 Å². The molecule has 0 aromatic carbocycles. The summed E-state index contributed by atoms with van der Waals surface area (Å²) in [6.45, 7) is 9.56. The van der Waals surface area contributed by atoms with Crippen LogP contribution in [0.2, 0.25) is 0 Å². The molecule has 2 fully saturated rings. The molecule has 0 bridgehead atoms. The number of nitrogens with zero attached hydrogens (tertiary/aromatic N) is 2. The molecule has 5 nitrogen and oxygen atoms in total. The summed E-state index contributed by atoms with van der Waals surface area (Å²) in [5.41, 5.74) is 5.98. The molecule has 0 aromatic rings. The van der Waals surface area contributed by atoms with E-state index in [1.54, 1.807) is 0 Å². The fraction of sp³-hybridized carbons (Fsp3) is 0.933. The van der Waals surface area contributed by atoms with Crippen molar-refractivity contribution in [1.82, 2.24) is 9.80 Å². The highest BCUT2D eigenvalue weighted by molar-refractivity contribution is 5.81. The van der Waals surface area contributed by atoms with Gasteiger partial charge in [-0.25, -0.2) is 0 Å². The van der Waals surface area contributed by atoms with E-state index in [9.17, 15) is 4.79 Å². The van der Waals surface area contributed by atoms with Gasteiger partial charge in [-0.1, -0.05) is 13.8 Å². The fourth-order valence-electron chi connectivity index (χ4n) is 2.95. The number of nitrogens with two attached hydrogens (primary N) is 1. The van der Waals surface area contributed by atoms with Gasteiger partial charge in [0.25, 0.3) is 0 Å². The Morgan fingerprint density at radius 1 is 1.25 bits per heavy atom. The van der Waals surface area contributed by atoms with E-state index >= 15 is 0 Å². The van der Waals surface area contributed by atoms with Crippen LogP contribution in [0.4, 0.5) is 0 Å². The number of rotatable bonds is 4. The predicted octanol–water partition coefficient (Wildman–Crippen LogP) is 0.683. The molecule has 0 radical (unpaired) electrons. The van der Waals surface area contributed by atoms with E-state index in [0.29, 0.717) is 6.10 Å². The van der Waals surface area contributed by atoms with Crippen molar-refractivity contribution >= 4 is 5.91 Å². The lowest BCUT2D eigenvalue weighted by Crippen LogP contribution is -2.47. The normalized spacial score (nSPS) is 26.8. The average Bonchev–Trinajstić information content (AvgIpc) is 2.82. The van der Waals surface area contributed by atoms with E-state index < -0.39 is 0 Å². The second-order valence-electron chi connectivity index (χ2n) is 6.38. The van der Waals surface area contributed by atoms with Gasteiger partial charge in [-0.2, -0.15) is 0 Å². The summed E-state index contributed by atoms with van der Waals surface area (Å²) in [5, 5.41) is 0. The Morgan fingerprint density at radius 2 is 2.05 bits per heavy atom. The summed E-state index contributed by atoms with van der Waals surface area (Å²) < 4.78 is 5.70. The van der Waals surface area contributed by atoms with Crippen LogP contribution in [-0.4, -0.2) is 67.2 Å². The van der Waals surface area contributed by atoms with Crippen LogP contribution in [0.1, 0.15) is 33.1 Å². The molecule has 1 amide bonds. The van der Waals surface area contributed by atoms with Crippen LogP contribution in [0.3, 0.4) is 0 Å². The zero-order chi connectivity index (χ0) is 14.5. The lowest BCUT2D eigenvalue weighted by Gasteiger charge is -2.26.